The smallest absolute Gasteiger partial charge is 0.348 e. The first-order valence-electron chi connectivity index (χ1n) is 4.63. The number of rotatable bonds is 6. The van der Waals surface area contributed by atoms with Gasteiger partial charge in [-0.2, -0.15) is 0 Å². The van der Waals surface area contributed by atoms with Gasteiger partial charge in [-0.3, -0.25) is 10.1 Å². The Hall–Kier alpha value is -0.850. The van der Waals surface area contributed by atoms with Gasteiger partial charge in [0, 0.05) is 24.8 Å². The summed E-state index contributed by atoms with van der Waals surface area (Å²) in [4.78, 5) is 19.3. The molecular weight excluding hydrogens is 290 g/mol. The van der Waals surface area contributed by atoms with Crippen LogP contribution in [0.5, 0.6) is 0 Å². The van der Waals surface area contributed by atoms with Gasteiger partial charge in [0.2, 0.25) is 11.0 Å². The Labute approximate surface area is 113 Å². The van der Waals surface area contributed by atoms with E-state index in [9.17, 15) is 10.1 Å². The van der Waals surface area contributed by atoms with Gasteiger partial charge in [0.25, 0.3) is 0 Å². The lowest BCUT2D eigenvalue weighted by Gasteiger charge is -2.20. The number of aromatic nitrogens is 2. The van der Waals surface area contributed by atoms with Crippen molar-refractivity contribution < 1.29 is 4.92 Å². The first-order chi connectivity index (χ1) is 8.11. The maximum Gasteiger partial charge on any atom is 0.348 e. The highest BCUT2D eigenvalue weighted by Gasteiger charge is 2.25. The normalized spacial score (nSPS) is 10.3. The summed E-state index contributed by atoms with van der Waals surface area (Å²) in [6, 6.07) is 0. The predicted molar refractivity (Wildman–Crippen MR) is 67.3 cm³/mol. The quantitative estimate of drug-likeness (QED) is 0.349. The molecule has 1 rings (SSSR count). The Morgan fingerprint density at radius 2 is 1.88 bits per heavy atom. The highest BCUT2D eigenvalue weighted by molar-refractivity contribution is 6.31. The maximum absolute atomic E-state index is 10.9. The number of nitro groups is 1. The van der Waals surface area contributed by atoms with Crippen molar-refractivity contribution in [3.8, 4) is 0 Å². The second-order valence-electron chi connectivity index (χ2n) is 2.96. The minimum atomic E-state index is -0.618. The molecule has 0 spiro atoms. The molecule has 0 unspecified atom stereocenters. The van der Waals surface area contributed by atoms with Gasteiger partial charge in [-0.15, -0.1) is 23.2 Å². The minimum absolute atomic E-state index is 0.135. The molecule has 0 bridgehead atoms. The van der Waals surface area contributed by atoms with Crippen LogP contribution in [-0.2, 0) is 0 Å². The zero-order valence-corrected chi connectivity index (χ0v) is 10.9. The fraction of sp³-hybridized carbons (Fsp3) is 0.500. The molecule has 0 fully saturated rings. The molecule has 6 nitrogen and oxygen atoms in total. The lowest BCUT2D eigenvalue weighted by molar-refractivity contribution is -0.384. The van der Waals surface area contributed by atoms with Crippen LogP contribution in [0, 0.1) is 10.1 Å². The van der Waals surface area contributed by atoms with Crippen molar-refractivity contribution in [1.82, 2.24) is 9.97 Å². The third-order valence-electron chi connectivity index (χ3n) is 1.95. The maximum atomic E-state index is 10.9. The van der Waals surface area contributed by atoms with Gasteiger partial charge < -0.3 is 4.90 Å². The molecule has 1 aromatic rings. The van der Waals surface area contributed by atoms with Crippen molar-refractivity contribution in [2.24, 2.45) is 0 Å². The van der Waals surface area contributed by atoms with Gasteiger partial charge in [0.1, 0.15) is 6.33 Å². The zero-order chi connectivity index (χ0) is 12.8. The van der Waals surface area contributed by atoms with E-state index in [0.29, 0.717) is 24.8 Å². The van der Waals surface area contributed by atoms with Crippen molar-refractivity contribution in [1.29, 1.82) is 0 Å². The minimum Gasteiger partial charge on any atom is -0.348 e. The molecule has 0 atom stereocenters. The standard InChI is InChI=1S/C8H9Cl3N4O2/c9-1-3-14(4-2-10)8-6(15(16)17)7(11)12-5-13-8/h5H,1-4H2. The molecule has 0 aliphatic carbocycles. The van der Waals surface area contributed by atoms with Gasteiger partial charge >= 0.3 is 5.69 Å². The van der Waals surface area contributed by atoms with E-state index in [4.69, 9.17) is 34.8 Å². The molecule has 0 aliphatic rings. The van der Waals surface area contributed by atoms with E-state index in [1.165, 1.54) is 6.33 Å². The SMILES string of the molecule is O=[N+]([O-])c1c(Cl)ncnc1N(CCCl)CCCl. The third-order valence-corrected chi connectivity index (χ3v) is 2.56. The van der Waals surface area contributed by atoms with Crippen LogP contribution in [0.25, 0.3) is 0 Å². The topological polar surface area (TPSA) is 72.2 Å². The molecule has 0 aliphatic heterocycles. The molecule has 94 valence electrons. The van der Waals surface area contributed by atoms with E-state index in [1.54, 1.807) is 4.90 Å². The molecule has 1 heterocycles. The first-order valence-corrected chi connectivity index (χ1v) is 6.08. The lowest BCUT2D eigenvalue weighted by Crippen LogP contribution is -2.29. The van der Waals surface area contributed by atoms with E-state index in [1.807, 2.05) is 0 Å². The molecule has 0 radical (unpaired) electrons. The van der Waals surface area contributed by atoms with Crippen LogP contribution in [0.2, 0.25) is 5.15 Å². The molecular formula is C8H9Cl3N4O2. The zero-order valence-electron chi connectivity index (χ0n) is 8.65. The highest BCUT2D eigenvalue weighted by atomic mass is 35.5. The molecule has 1 aromatic heterocycles. The van der Waals surface area contributed by atoms with Crippen LogP contribution in [0.1, 0.15) is 0 Å². The van der Waals surface area contributed by atoms with Crippen LogP contribution in [-0.4, -0.2) is 39.7 Å². The summed E-state index contributed by atoms with van der Waals surface area (Å²) in [6.07, 6.45) is 1.17. The van der Waals surface area contributed by atoms with Crippen molar-refractivity contribution in [2.75, 3.05) is 29.7 Å². The largest absolute Gasteiger partial charge is 0.348 e. The molecule has 0 saturated carbocycles. The van der Waals surface area contributed by atoms with E-state index < -0.39 is 4.92 Å². The van der Waals surface area contributed by atoms with Gasteiger partial charge in [-0.1, -0.05) is 11.6 Å². The molecule has 0 aromatic carbocycles. The van der Waals surface area contributed by atoms with E-state index in [-0.39, 0.29) is 16.7 Å². The fourth-order valence-corrected chi connectivity index (χ4v) is 1.87. The Kier molecular flexibility index (Phi) is 5.67. The monoisotopic (exact) mass is 298 g/mol. The van der Waals surface area contributed by atoms with Crippen molar-refractivity contribution >= 4 is 46.3 Å². The average molecular weight is 300 g/mol. The summed E-state index contributed by atoms with van der Waals surface area (Å²) in [5.74, 6) is 0.738. The van der Waals surface area contributed by atoms with E-state index in [2.05, 4.69) is 9.97 Å². The first kappa shape index (κ1) is 14.2. The average Bonchev–Trinajstić information content (AvgIpc) is 2.28. The van der Waals surface area contributed by atoms with E-state index >= 15 is 0 Å². The third kappa shape index (κ3) is 3.55. The number of nitrogens with zero attached hydrogens (tertiary/aromatic N) is 4. The number of anilines is 1. The Bertz CT molecular complexity index is 398. The van der Waals surface area contributed by atoms with Crippen LogP contribution in [0.15, 0.2) is 6.33 Å². The molecule has 0 amide bonds. The predicted octanol–water partition coefficient (Wildman–Crippen LogP) is 2.32. The summed E-state index contributed by atoms with van der Waals surface area (Å²) in [5, 5.41) is 10.7. The second kappa shape index (κ2) is 6.78. The van der Waals surface area contributed by atoms with Crippen LogP contribution < -0.4 is 4.90 Å². The van der Waals surface area contributed by atoms with Crippen molar-refractivity contribution in [3.63, 3.8) is 0 Å². The summed E-state index contributed by atoms with van der Waals surface area (Å²) in [6.45, 7) is 0.783. The van der Waals surface area contributed by atoms with Crippen LogP contribution in [0.4, 0.5) is 11.5 Å². The summed E-state index contributed by atoms with van der Waals surface area (Å²) < 4.78 is 0. The summed E-state index contributed by atoms with van der Waals surface area (Å²) >= 11 is 16.9. The number of halogens is 3. The van der Waals surface area contributed by atoms with Crippen LogP contribution in [0.3, 0.4) is 0 Å². The molecule has 9 heteroatoms. The van der Waals surface area contributed by atoms with Crippen molar-refractivity contribution in [2.45, 2.75) is 0 Å². The van der Waals surface area contributed by atoms with Crippen LogP contribution >= 0.6 is 34.8 Å². The molecule has 17 heavy (non-hydrogen) atoms. The molecule has 0 saturated heterocycles. The number of hydrogen-bond donors (Lipinski definition) is 0. The van der Waals surface area contributed by atoms with Gasteiger partial charge in [0.15, 0.2) is 0 Å². The Morgan fingerprint density at radius 1 is 1.29 bits per heavy atom. The van der Waals surface area contributed by atoms with E-state index in [0.717, 1.165) is 0 Å². The Balaban J connectivity index is 3.17. The van der Waals surface area contributed by atoms with Gasteiger partial charge in [0.05, 0.1) is 4.92 Å². The summed E-state index contributed by atoms with van der Waals surface area (Å²) in [7, 11) is 0. The van der Waals surface area contributed by atoms with Gasteiger partial charge in [-0.05, 0) is 0 Å². The van der Waals surface area contributed by atoms with Crippen molar-refractivity contribution in [3.05, 3.63) is 21.6 Å². The second-order valence-corrected chi connectivity index (χ2v) is 4.07. The number of hydrogen-bond acceptors (Lipinski definition) is 5. The highest BCUT2D eigenvalue weighted by Crippen LogP contribution is 2.31. The number of alkyl halides is 2. The summed E-state index contributed by atoms with van der Waals surface area (Å²) in [5.41, 5.74) is -0.329. The molecule has 0 N–H and O–H groups in total. The lowest BCUT2D eigenvalue weighted by atomic mass is 10.4. The Morgan fingerprint density at radius 3 is 2.35 bits per heavy atom. The van der Waals surface area contributed by atoms with Gasteiger partial charge in [-0.25, -0.2) is 9.97 Å². The fourth-order valence-electron chi connectivity index (χ4n) is 1.26.